The Bertz CT molecular complexity index is 1320. The summed E-state index contributed by atoms with van der Waals surface area (Å²) in [5.74, 6) is -3.22. The molecule has 0 aromatic heterocycles. The summed E-state index contributed by atoms with van der Waals surface area (Å²) < 4.78 is 86.5. The van der Waals surface area contributed by atoms with Crippen molar-refractivity contribution >= 4 is 11.9 Å². The lowest BCUT2D eigenvalue weighted by Crippen LogP contribution is -2.33. The van der Waals surface area contributed by atoms with E-state index in [1.54, 1.807) is 12.1 Å². The molecule has 0 bridgehead atoms. The Balaban J connectivity index is 2.05. The SMILES string of the molecule is CCCC(c1ccc(C(=O)O)cc1)C(NC(=O)c1ccc(C(F)(F)F)cc1OC)c1ccc(OC(F)(F)F)cc1. The van der Waals surface area contributed by atoms with Crippen LogP contribution < -0.4 is 14.8 Å². The van der Waals surface area contributed by atoms with Crippen molar-refractivity contribution in [2.75, 3.05) is 7.11 Å². The molecule has 3 aromatic carbocycles. The van der Waals surface area contributed by atoms with Crippen LogP contribution in [-0.4, -0.2) is 30.5 Å². The van der Waals surface area contributed by atoms with Gasteiger partial charge in [-0.3, -0.25) is 4.79 Å². The van der Waals surface area contributed by atoms with Crippen LogP contribution in [0.2, 0.25) is 0 Å². The van der Waals surface area contributed by atoms with Gasteiger partial charge in [-0.05, 0) is 60.0 Å². The number of hydrogen-bond acceptors (Lipinski definition) is 4. The largest absolute Gasteiger partial charge is 0.573 e. The van der Waals surface area contributed by atoms with E-state index in [-0.39, 0.29) is 16.9 Å². The van der Waals surface area contributed by atoms with Gasteiger partial charge in [-0.2, -0.15) is 13.2 Å². The average molecular weight is 569 g/mol. The molecule has 0 heterocycles. The molecule has 3 rings (SSSR count). The summed E-state index contributed by atoms with van der Waals surface area (Å²) in [4.78, 5) is 24.7. The van der Waals surface area contributed by atoms with Crippen molar-refractivity contribution in [1.29, 1.82) is 0 Å². The van der Waals surface area contributed by atoms with Gasteiger partial charge in [-0.25, -0.2) is 4.79 Å². The lowest BCUT2D eigenvalue weighted by atomic mass is 9.83. The van der Waals surface area contributed by atoms with Gasteiger partial charge in [0.25, 0.3) is 5.91 Å². The number of carboxylic acid groups (broad SMARTS) is 1. The smallest absolute Gasteiger partial charge is 0.496 e. The van der Waals surface area contributed by atoms with E-state index in [4.69, 9.17) is 4.74 Å². The topological polar surface area (TPSA) is 84.9 Å². The predicted octanol–water partition coefficient (Wildman–Crippen LogP) is 7.37. The molecule has 3 aromatic rings. The third kappa shape index (κ3) is 7.67. The molecule has 2 atom stereocenters. The van der Waals surface area contributed by atoms with Crippen LogP contribution in [0.25, 0.3) is 0 Å². The number of nitrogens with one attached hydrogen (secondary N) is 1. The quantitative estimate of drug-likeness (QED) is 0.249. The zero-order valence-electron chi connectivity index (χ0n) is 21.3. The molecule has 214 valence electrons. The summed E-state index contributed by atoms with van der Waals surface area (Å²) in [5, 5.41) is 12.0. The van der Waals surface area contributed by atoms with E-state index in [2.05, 4.69) is 10.1 Å². The number of benzene rings is 3. The Kier molecular flexibility index (Phi) is 9.33. The number of ether oxygens (including phenoxy) is 2. The summed E-state index contributed by atoms with van der Waals surface area (Å²) in [6, 6.07) is 12.3. The number of carbonyl (C=O) groups is 2. The van der Waals surface area contributed by atoms with E-state index in [9.17, 15) is 41.0 Å². The molecular formula is C28H25F6NO5. The zero-order chi connectivity index (χ0) is 29.7. The highest BCUT2D eigenvalue weighted by Gasteiger charge is 2.34. The van der Waals surface area contributed by atoms with E-state index < -0.39 is 47.7 Å². The molecular weight excluding hydrogens is 544 g/mol. The minimum atomic E-state index is -4.91. The Morgan fingerprint density at radius 2 is 1.50 bits per heavy atom. The molecule has 0 fully saturated rings. The summed E-state index contributed by atoms with van der Waals surface area (Å²) in [5.41, 5.74) is -0.154. The van der Waals surface area contributed by atoms with Gasteiger partial charge in [0.1, 0.15) is 11.5 Å². The average Bonchev–Trinajstić information content (AvgIpc) is 2.89. The first-order valence-electron chi connectivity index (χ1n) is 12.0. The Morgan fingerprint density at radius 3 is 2.00 bits per heavy atom. The second-order valence-corrected chi connectivity index (χ2v) is 8.80. The highest BCUT2D eigenvalue weighted by Crippen LogP contribution is 2.38. The molecule has 0 saturated carbocycles. The normalized spacial score (nSPS) is 13.3. The fourth-order valence-corrected chi connectivity index (χ4v) is 4.28. The molecule has 6 nitrogen and oxygen atoms in total. The van der Waals surface area contributed by atoms with Crippen LogP contribution >= 0.6 is 0 Å². The van der Waals surface area contributed by atoms with Gasteiger partial charge in [-0.1, -0.05) is 37.6 Å². The number of aromatic carboxylic acids is 1. The molecule has 0 aliphatic carbocycles. The Morgan fingerprint density at radius 1 is 0.900 bits per heavy atom. The van der Waals surface area contributed by atoms with Crippen LogP contribution in [0.5, 0.6) is 11.5 Å². The minimum Gasteiger partial charge on any atom is -0.496 e. The lowest BCUT2D eigenvalue weighted by Gasteiger charge is -2.29. The molecule has 0 spiro atoms. The van der Waals surface area contributed by atoms with Crippen LogP contribution in [0.3, 0.4) is 0 Å². The van der Waals surface area contributed by atoms with Crippen LogP contribution in [0.4, 0.5) is 26.3 Å². The molecule has 2 unspecified atom stereocenters. The molecule has 0 saturated heterocycles. The third-order valence-electron chi connectivity index (χ3n) is 6.12. The minimum absolute atomic E-state index is 0.0303. The maximum atomic E-state index is 13.4. The van der Waals surface area contributed by atoms with Gasteiger partial charge in [0.15, 0.2) is 0 Å². The van der Waals surface area contributed by atoms with Gasteiger partial charge in [0.05, 0.1) is 29.8 Å². The van der Waals surface area contributed by atoms with Crippen molar-refractivity contribution < 1.29 is 50.5 Å². The van der Waals surface area contributed by atoms with Crippen LogP contribution in [0, 0.1) is 0 Å². The van der Waals surface area contributed by atoms with Crippen molar-refractivity contribution in [2.45, 2.75) is 44.3 Å². The number of halogens is 6. The van der Waals surface area contributed by atoms with E-state index >= 15 is 0 Å². The van der Waals surface area contributed by atoms with Crippen molar-refractivity contribution in [3.8, 4) is 11.5 Å². The molecule has 0 aliphatic rings. The first kappa shape index (κ1) is 30.3. The van der Waals surface area contributed by atoms with E-state index in [1.807, 2.05) is 6.92 Å². The number of amides is 1. The Labute approximate surface area is 225 Å². The molecule has 1 amide bonds. The summed E-state index contributed by atoms with van der Waals surface area (Å²) in [7, 11) is 1.12. The fraction of sp³-hybridized carbons (Fsp3) is 0.286. The first-order chi connectivity index (χ1) is 18.7. The van der Waals surface area contributed by atoms with Crippen LogP contribution in [-0.2, 0) is 6.18 Å². The van der Waals surface area contributed by atoms with E-state index in [1.165, 1.54) is 24.3 Å². The summed E-state index contributed by atoms with van der Waals surface area (Å²) in [6.45, 7) is 1.87. The maximum absolute atomic E-state index is 13.4. The van der Waals surface area contributed by atoms with Gasteiger partial charge in [-0.15, -0.1) is 13.2 Å². The number of methoxy groups -OCH3 is 1. The molecule has 0 radical (unpaired) electrons. The Hall–Kier alpha value is -4.22. The lowest BCUT2D eigenvalue weighted by molar-refractivity contribution is -0.274. The highest BCUT2D eigenvalue weighted by molar-refractivity contribution is 5.97. The number of carbonyl (C=O) groups excluding carboxylic acids is 1. The van der Waals surface area contributed by atoms with Crippen molar-refractivity contribution in [3.63, 3.8) is 0 Å². The van der Waals surface area contributed by atoms with E-state index in [0.29, 0.717) is 30.0 Å². The molecule has 0 aliphatic heterocycles. The van der Waals surface area contributed by atoms with Crippen LogP contribution in [0.15, 0.2) is 66.7 Å². The number of alkyl halides is 6. The molecule has 2 N–H and O–H groups in total. The number of carboxylic acids is 1. The second-order valence-electron chi connectivity index (χ2n) is 8.80. The first-order valence-corrected chi connectivity index (χ1v) is 12.0. The van der Waals surface area contributed by atoms with Gasteiger partial charge in [0, 0.05) is 5.92 Å². The van der Waals surface area contributed by atoms with Crippen LogP contribution in [0.1, 0.15) is 69.1 Å². The second kappa shape index (κ2) is 12.3. The van der Waals surface area contributed by atoms with Crippen molar-refractivity contribution in [2.24, 2.45) is 0 Å². The van der Waals surface area contributed by atoms with Gasteiger partial charge >= 0.3 is 18.5 Å². The number of rotatable bonds is 10. The van der Waals surface area contributed by atoms with E-state index in [0.717, 1.165) is 31.4 Å². The summed E-state index contributed by atoms with van der Waals surface area (Å²) >= 11 is 0. The van der Waals surface area contributed by atoms with Crippen molar-refractivity contribution in [1.82, 2.24) is 5.32 Å². The predicted molar refractivity (Wildman–Crippen MR) is 132 cm³/mol. The fourth-order valence-electron chi connectivity index (χ4n) is 4.28. The van der Waals surface area contributed by atoms with Gasteiger partial charge < -0.3 is 19.9 Å². The summed E-state index contributed by atoms with van der Waals surface area (Å²) in [6.07, 6.45) is -8.51. The van der Waals surface area contributed by atoms with Crippen molar-refractivity contribution in [3.05, 3.63) is 94.5 Å². The number of hydrogen-bond donors (Lipinski definition) is 2. The molecule has 40 heavy (non-hydrogen) atoms. The van der Waals surface area contributed by atoms with Gasteiger partial charge in [0.2, 0.25) is 0 Å². The maximum Gasteiger partial charge on any atom is 0.573 e. The third-order valence-corrected chi connectivity index (χ3v) is 6.12. The monoisotopic (exact) mass is 569 g/mol. The molecule has 12 heteroatoms. The zero-order valence-corrected chi connectivity index (χ0v) is 21.3. The standard InChI is InChI=1S/C28H25F6NO5/c1-3-4-21(16-5-7-18(8-6-16)26(37)38)24(17-9-12-20(13-10-17)40-28(32,33)34)35-25(36)22-14-11-19(27(29,30)31)15-23(22)39-2/h5-15,21,24H,3-4H2,1-2H3,(H,35,36)(H,37,38). The highest BCUT2D eigenvalue weighted by atomic mass is 19.4.